The van der Waals surface area contributed by atoms with Crippen molar-refractivity contribution in [1.29, 1.82) is 0 Å². The summed E-state index contributed by atoms with van der Waals surface area (Å²) in [5, 5.41) is 4.29. The number of aryl methyl sites for hydroxylation is 2. The Bertz CT molecular complexity index is 923. The lowest BCUT2D eigenvalue weighted by Crippen LogP contribution is -2.23. The van der Waals surface area contributed by atoms with Crippen molar-refractivity contribution in [2.24, 2.45) is 0 Å². The fourth-order valence-corrected chi connectivity index (χ4v) is 5.95. The molecule has 0 heterocycles. The van der Waals surface area contributed by atoms with Gasteiger partial charge in [0.25, 0.3) is 0 Å². The van der Waals surface area contributed by atoms with E-state index in [1.54, 1.807) is 0 Å². The molecule has 0 nitrogen and oxygen atoms in total. The average Bonchev–Trinajstić information content (AvgIpc) is 2.76. The van der Waals surface area contributed by atoms with Gasteiger partial charge >= 0.3 is 0 Å². The van der Waals surface area contributed by atoms with E-state index >= 15 is 0 Å². The summed E-state index contributed by atoms with van der Waals surface area (Å²) in [5.41, 5.74) is 2.86. The maximum absolute atomic E-state index is 2.33. The molecule has 0 radical (unpaired) electrons. The molecule has 0 aliphatic heterocycles. The third-order valence-electron chi connectivity index (χ3n) is 4.79. The summed E-state index contributed by atoms with van der Waals surface area (Å²) in [4.78, 5) is 0. The van der Waals surface area contributed by atoms with Crippen LogP contribution in [0.1, 0.15) is 11.1 Å². The molecule has 0 aromatic heterocycles. The van der Waals surface area contributed by atoms with Crippen molar-refractivity contribution < 1.29 is 0 Å². The van der Waals surface area contributed by atoms with E-state index in [2.05, 4.69) is 115 Å². The Balaban J connectivity index is 1.72. The van der Waals surface area contributed by atoms with Crippen LogP contribution in [0.3, 0.4) is 0 Å². The van der Waals surface area contributed by atoms with Gasteiger partial charge < -0.3 is 0 Å². The summed E-state index contributed by atoms with van der Waals surface area (Å²) in [7, 11) is -0.547. The highest BCUT2D eigenvalue weighted by atomic mass is 31.1. The van der Waals surface area contributed by atoms with E-state index in [0.29, 0.717) is 0 Å². The number of rotatable bonds is 6. The quantitative estimate of drug-likeness (QED) is 0.410. The second-order valence-corrected chi connectivity index (χ2v) is 8.81. The fraction of sp³-hybridized carbons (Fsp3) is 0.0769. The zero-order valence-electron chi connectivity index (χ0n) is 15.3. The first-order chi connectivity index (χ1) is 13.4. The molecule has 0 aliphatic rings. The monoisotopic (exact) mass is 366 g/mol. The van der Waals surface area contributed by atoms with Gasteiger partial charge in [0, 0.05) is 0 Å². The highest BCUT2D eigenvalue weighted by Crippen LogP contribution is 2.34. The van der Waals surface area contributed by atoms with Gasteiger partial charge in [-0.25, -0.2) is 0 Å². The minimum Gasteiger partial charge on any atom is -0.0622 e. The largest absolute Gasteiger partial charge is 0.0622 e. The van der Waals surface area contributed by atoms with Gasteiger partial charge in [-0.2, -0.15) is 0 Å². The van der Waals surface area contributed by atoms with Crippen LogP contribution in [0.2, 0.25) is 0 Å². The molecule has 0 saturated heterocycles. The van der Waals surface area contributed by atoms with E-state index in [1.807, 2.05) is 0 Å². The third kappa shape index (κ3) is 4.35. The van der Waals surface area contributed by atoms with Crippen LogP contribution in [0.15, 0.2) is 115 Å². The molecule has 1 heteroatoms. The normalized spacial score (nSPS) is 10.9. The van der Waals surface area contributed by atoms with Crippen LogP contribution >= 0.6 is 7.92 Å². The molecule has 0 fully saturated rings. The average molecular weight is 366 g/mol. The summed E-state index contributed by atoms with van der Waals surface area (Å²) >= 11 is 0. The highest BCUT2D eigenvalue weighted by Gasteiger charge is 2.18. The predicted molar refractivity (Wildman–Crippen MR) is 119 cm³/mol. The zero-order chi connectivity index (χ0) is 18.3. The van der Waals surface area contributed by atoms with Gasteiger partial charge in [0.1, 0.15) is 0 Å². The molecule has 0 amide bonds. The van der Waals surface area contributed by atoms with Crippen molar-refractivity contribution in [2.75, 3.05) is 0 Å². The molecule has 4 aromatic rings. The Kier molecular flexibility index (Phi) is 5.77. The van der Waals surface area contributed by atoms with Gasteiger partial charge in [0.2, 0.25) is 0 Å². The van der Waals surface area contributed by atoms with Gasteiger partial charge in [-0.3, -0.25) is 0 Å². The van der Waals surface area contributed by atoms with E-state index in [9.17, 15) is 0 Å². The molecule has 0 N–H and O–H groups in total. The first-order valence-corrected chi connectivity index (χ1v) is 10.8. The molecular weight excluding hydrogens is 343 g/mol. The second kappa shape index (κ2) is 8.80. The first kappa shape index (κ1) is 17.7. The Morgan fingerprint density at radius 2 is 0.926 bits per heavy atom. The van der Waals surface area contributed by atoms with Crippen LogP contribution in [0, 0.1) is 0 Å². The first-order valence-electron chi connectivity index (χ1n) is 9.44. The molecule has 0 aliphatic carbocycles. The van der Waals surface area contributed by atoms with E-state index in [0.717, 1.165) is 12.8 Å². The molecule has 4 aromatic carbocycles. The van der Waals surface area contributed by atoms with Crippen LogP contribution in [-0.4, -0.2) is 0 Å². The van der Waals surface area contributed by atoms with Crippen LogP contribution in [0.25, 0.3) is 0 Å². The van der Waals surface area contributed by atoms with Crippen LogP contribution < -0.4 is 15.9 Å². The van der Waals surface area contributed by atoms with Crippen LogP contribution in [0.5, 0.6) is 0 Å². The Hall–Kier alpha value is -2.69. The summed E-state index contributed by atoms with van der Waals surface area (Å²) in [5.74, 6) is 0. The van der Waals surface area contributed by atoms with Gasteiger partial charge in [-0.15, -0.1) is 0 Å². The van der Waals surface area contributed by atoms with Crippen molar-refractivity contribution in [3.05, 3.63) is 126 Å². The summed E-state index contributed by atoms with van der Waals surface area (Å²) in [6.45, 7) is 0. The van der Waals surface area contributed by atoms with E-state index in [4.69, 9.17) is 0 Å². The SMILES string of the molecule is c1ccc(CCc2ccccc2P(c2ccccc2)c2ccccc2)cc1. The Morgan fingerprint density at radius 3 is 1.52 bits per heavy atom. The van der Waals surface area contributed by atoms with Crippen molar-refractivity contribution >= 4 is 23.8 Å². The van der Waals surface area contributed by atoms with Crippen LogP contribution in [-0.2, 0) is 12.8 Å². The fourth-order valence-electron chi connectivity index (χ4n) is 3.45. The van der Waals surface area contributed by atoms with E-state index < -0.39 is 7.92 Å². The van der Waals surface area contributed by atoms with E-state index in [1.165, 1.54) is 27.0 Å². The van der Waals surface area contributed by atoms with Crippen molar-refractivity contribution in [2.45, 2.75) is 12.8 Å². The van der Waals surface area contributed by atoms with Crippen molar-refractivity contribution in [3.8, 4) is 0 Å². The summed E-state index contributed by atoms with van der Waals surface area (Å²) in [6, 6.07) is 41.7. The number of hydrogen-bond donors (Lipinski definition) is 0. The lowest BCUT2D eigenvalue weighted by molar-refractivity contribution is 0.967. The molecule has 0 unspecified atom stereocenters. The second-order valence-electron chi connectivity index (χ2n) is 6.62. The summed E-state index contributed by atoms with van der Waals surface area (Å²) in [6.07, 6.45) is 2.14. The van der Waals surface area contributed by atoms with Crippen molar-refractivity contribution in [3.63, 3.8) is 0 Å². The zero-order valence-corrected chi connectivity index (χ0v) is 16.2. The maximum atomic E-state index is 2.33. The van der Waals surface area contributed by atoms with Gasteiger partial charge in [0.05, 0.1) is 0 Å². The van der Waals surface area contributed by atoms with E-state index in [-0.39, 0.29) is 0 Å². The smallest absolute Gasteiger partial charge is 0.0119 e. The molecule has 0 bridgehead atoms. The minimum atomic E-state index is -0.547. The van der Waals surface area contributed by atoms with Gasteiger partial charge in [-0.05, 0) is 47.8 Å². The number of benzene rings is 4. The number of hydrogen-bond acceptors (Lipinski definition) is 0. The van der Waals surface area contributed by atoms with Gasteiger partial charge in [-0.1, -0.05) is 115 Å². The highest BCUT2D eigenvalue weighted by molar-refractivity contribution is 7.79. The molecule has 4 rings (SSSR count). The predicted octanol–water partition coefficient (Wildman–Crippen LogP) is 5.23. The Labute approximate surface area is 163 Å². The Morgan fingerprint density at radius 1 is 0.444 bits per heavy atom. The summed E-state index contributed by atoms with van der Waals surface area (Å²) < 4.78 is 0. The molecule has 0 spiro atoms. The minimum absolute atomic E-state index is 0.547. The lowest BCUT2D eigenvalue weighted by Gasteiger charge is -2.22. The lowest BCUT2D eigenvalue weighted by atomic mass is 10.0. The van der Waals surface area contributed by atoms with Gasteiger partial charge in [0.15, 0.2) is 0 Å². The third-order valence-corrected chi connectivity index (χ3v) is 7.33. The van der Waals surface area contributed by atoms with Crippen molar-refractivity contribution in [1.82, 2.24) is 0 Å². The standard InChI is InChI=1S/C26H23P/c1-4-12-22(13-5-1)20-21-23-14-10-11-19-26(23)27(24-15-6-2-7-16-24)25-17-8-3-9-18-25/h1-19H,20-21H2. The van der Waals surface area contributed by atoms with Crippen LogP contribution in [0.4, 0.5) is 0 Å². The topological polar surface area (TPSA) is 0 Å². The molecule has 132 valence electrons. The molecule has 27 heavy (non-hydrogen) atoms. The molecule has 0 atom stereocenters. The maximum Gasteiger partial charge on any atom is -0.0119 e. The molecule has 0 saturated carbocycles. The molecular formula is C26H23P.